The second-order valence-electron chi connectivity index (χ2n) is 4.62. The van der Waals surface area contributed by atoms with E-state index in [4.69, 9.17) is 0 Å². The Bertz CT molecular complexity index is 913. The molecule has 2 heterocycles. The third kappa shape index (κ3) is 1.48. The summed E-state index contributed by atoms with van der Waals surface area (Å²) in [6.07, 6.45) is 1.69. The number of aromatic nitrogens is 3. The number of rotatable bonds is 1. The average molecular weight is 261 g/mol. The standard InChI is InChI=1S/C16H11N3O/c20-19-15-12-8-4-5-9-13(12)17-10-14(15)18-16(19)11-6-2-1-3-7-11/h1-10,20H. The van der Waals surface area contributed by atoms with Gasteiger partial charge in [0.15, 0.2) is 5.82 Å². The van der Waals surface area contributed by atoms with Gasteiger partial charge in [0.25, 0.3) is 0 Å². The first-order valence-electron chi connectivity index (χ1n) is 6.35. The third-order valence-electron chi connectivity index (χ3n) is 3.40. The van der Waals surface area contributed by atoms with Gasteiger partial charge < -0.3 is 5.21 Å². The molecule has 4 rings (SSSR count). The molecule has 0 bridgehead atoms. The van der Waals surface area contributed by atoms with Crippen LogP contribution in [0, 0.1) is 0 Å². The largest absolute Gasteiger partial charge is 0.426 e. The Morgan fingerprint density at radius 1 is 0.850 bits per heavy atom. The van der Waals surface area contributed by atoms with Gasteiger partial charge in [0.05, 0.1) is 11.7 Å². The number of hydrogen-bond donors (Lipinski definition) is 1. The summed E-state index contributed by atoms with van der Waals surface area (Å²) >= 11 is 0. The van der Waals surface area contributed by atoms with Gasteiger partial charge in [-0.25, -0.2) is 4.98 Å². The highest BCUT2D eigenvalue weighted by Gasteiger charge is 2.14. The van der Waals surface area contributed by atoms with Gasteiger partial charge in [-0.2, -0.15) is 4.73 Å². The molecule has 0 radical (unpaired) electrons. The van der Waals surface area contributed by atoms with E-state index < -0.39 is 0 Å². The highest BCUT2D eigenvalue weighted by molar-refractivity contribution is 6.03. The highest BCUT2D eigenvalue weighted by Crippen LogP contribution is 2.27. The molecule has 4 heteroatoms. The van der Waals surface area contributed by atoms with Crippen molar-refractivity contribution in [3.63, 3.8) is 0 Å². The Morgan fingerprint density at radius 2 is 1.60 bits per heavy atom. The van der Waals surface area contributed by atoms with Crippen LogP contribution in [-0.2, 0) is 0 Å². The molecular weight excluding hydrogens is 250 g/mol. The first kappa shape index (κ1) is 11.0. The van der Waals surface area contributed by atoms with Gasteiger partial charge in [-0.05, 0) is 6.07 Å². The quantitative estimate of drug-likeness (QED) is 0.534. The van der Waals surface area contributed by atoms with Crippen LogP contribution in [0.3, 0.4) is 0 Å². The molecule has 0 unspecified atom stereocenters. The maximum absolute atomic E-state index is 10.5. The second-order valence-corrected chi connectivity index (χ2v) is 4.62. The van der Waals surface area contributed by atoms with Gasteiger partial charge in [-0.1, -0.05) is 48.5 Å². The predicted molar refractivity (Wildman–Crippen MR) is 77.7 cm³/mol. The molecule has 20 heavy (non-hydrogen) atoms. The minimum Gasteiger partial charge on any atom is -0.426 e. The average Bonchev–Trinajstić information content (AvgIpc) is 2.86. The minimum atomic E-state index is 0.527. The number of benzene rings is 2. The van der Waals surface area contributed by atoms with Crippen LogP contribution >= 0.6 is 0 Å². The number of hydrogen-bond acceptors (Lipinski definition) is 3. The first-order chi connectivity index (χ1) is 9.84. The fourth-order valence-electron chi connectivity index (χ4n) is 2.46. The van der Waals surface area contributed by atoms with E-state index in [-0.39, 0.29) is 0 Å². The van der Waals surface area contributed by atoms with Crippen molar-refractivity contribution in [2.45, 2.75) is 0 Å². The van der Waals surface area contributed by atoms with Gasteiger partial charge in [0, 0.05) is 10.9 Å². The van der Waals surface area contributed by atoms with E-state index in [1.165, 1.54) is 0 Å². The Kier molecular flexibility index (Phi) is 2.23. The molecule has 0 aliphatic heterocycles. The van der Waals surface area contributed by atoms with Crippen molar-refractivity contribution in [1.29, 1.82) is 0 Å². The van der Waals surface area contributed by atoms with Crippen molar-refractivity contribution in [3.05, 3.63) is 60.8 Å². The number of pyridine rings is 1. The van der Waals surface area contributed by atoms with Crippen LogP contribution in [0.15, 0.2) is 60.8 Å². The first-order valence-corrected chi connectivity index (χ1v) is 6.35. The summed E-state index contributed by atoms with van der Waals surface area (Å²) in [6, 6.07) is 17.3. The van der Waals surface area contributed by atoms with E-state index >= 15 is 0 Å². The molecule has 0 amide bonds. The summed E-state index contributed by atoms with van der Waals surface area (Å²) in [5.41, 5.74) is 3.09. The molecule has 4 nitrogen and oxygen atoms in total. The number of para-hydroxylation sites is 1. The van der Waals surface area contributed by atoms with Crippen LogP contribution in [0.4, 0.5) is 0 Å². The molecule has 0 aliphatic rings. The molecule has 0 saturated carbocycles. The van der Waals surface area contributed by atoms with Crippen molar-refractivity contribution >= 4 is 21.9 Å². The zero-order chi connectivity index (χ0) is 13.5. The fourth-order valence-corrected chi connectivity index (χ4v) is 2.46. The van der Waals surface area contributed by atoms with Crippen LogP contribution in [0.1, 0.15) is 0 Å². The van der Waals surface area contributed by atoms with Gasteiger partial charge in [-0.15, -0.1) is 0 Å². The summed E-state index contributed by atoms with van der Waals surface area (Å²) in [7, 11) is 0. The van der Waals surface area contributed by atoms with Crippen molar-refractivity contribution < 1.29 is 5.21 Å². The summed E-state index contributed by atoms with van der Waals surface area (Å²) < 4.78 is 1.15. The molecule has 0 atom stereocenters. The van der Waals surface area contributed by atoms with Gasteiger partial charge in [0.2, 0.25) is 0 Å². The lowest BCUT2D eigenvalue weighted by Gasteiger charge is -2.02. The van der Waals surface area contributed by atoms with E-state index in [2.05, 4.69) is 9.97 Å². The van der Waals surface area contributed by atoms with Crippen LogP contribution < -0.4 is 0 Å². The van der Waals surface area contributed by atoms with Crippen LogP contribution in [-0.4, -0.2) is 19.9 Å². The molecule has 96 valence electrons. The highest BCUT2D eigenvalue weighted by atomic mass is 16.5. The van der Waals surface area contributed by atoms with Gasteiger partial charge in [-0.3, -0.25) is 4.98 Å². The molecule has 2 aromatic carbocycles. The monoisotopic (exact) mass is 261 g/mol. The van der Waals surface area contributed by atoms with Crippen LogP contribution in [0.25, 0.3) is 33.3 Å². The molecule has 0 aliphatic carbocycles. The van der Waals surface area contributed by atoms with Crippen LogP contribution in [0.5, 0.6) is 0 Å². The summed E-state index contributed by atoms with van der Waals surface area (Å²) in [4.78, 5) is 8.85. The smallest absolute Gasteiger partial charge is 0.176 e. The normalized spacial score (nSPS) is 11.2. The van der Waals surface area contributed by atoms with Crippen LogP contribution in [0.2, 0.25) is 0 Å². The number of nitrogens with zero attached hydrogens (tertiary/aromatic N) is 3. The van der Waals surface area contributed by atoms with Crippen molar-refractivity contribution in [2.24, 2.45) is 0 Å². The predicted octanol–water partition coefficient (Wildman–Crippen LogP) is 3.49. The van der Waals surface area contributed by atoms with Gasteiger partial charge in [0.1, 0.15) is 11.0 Å². The Hall–Kier alpha value is -2.88. The third-order valence-corrected chi connectivity index (χ3v) is 3.40. The Morgan fingerprint density at radius 3 is 2.45 bits per heavy atom. The molecule has 0 saturated heterocycles. The molecule has 4 aromatic rings. The van der Waals surface area contributed by atoms with E-state index in [1.54, 1.807) is 6.20 Å². The van der Waals surface area contributed by atoms with Crippen molar-refractivity contribution in [1.82, 2.24) is 14.7 Å². The Balaban J connectivity index is 2.11. The van der Waals surface area contributed by atoms with Crippen molar-refractivity contribution in [3.8, 4) is 11.4 Å². The van der Waals surface area contributed by atoms with Gasteiger partial charge >= 0.3 is 0 Å². The summed E-state index contributed by atoms with van der Waals surface area (Å²) in [5.74, 6) is 0.527. The van der Waals surface area contributed by atoms with E-state index in [0.717, 1.165) is 21.2 Å². The molecule has 0 fully saturated rings. The van der Waals surface area contributed by atoms with E-state index in [1.807, 2.05) is 54.6 Å². The summed E-state index contributed by atoms with van der Waals surface area (Å²) in [6.45, 7) is 0. The zero-order valence-electron chi connectivity index (χ0n) is 10.6. The number of fused-ring (bicyclic) bond motifs is 3. The maximum atomic E-state index is 10.5. The second kappa shape index (κ2) is 4.06. The van der Waals surface area contributed by atoms with E-state index in [9.17, 15) is 5.21 Å². The minimum absolute atomic E-state index is 0.527. The zero-order valence-corrected chi connectivity index (χ0v) is 10.6. The fraction of sp³-hybridized carbons (Fsp3) is 0. The molecule has 1 N–H and O–H groups in total. The van der Waals surface area contributed by atoms with E-state index in [0.29, 0.717) is 16.9 Å². The molecule has 2 aromatic heterocycles. The lowest BCUT2D eigenvalue weighted by molar-refractivity contribution is 0.203. The maximum Gasteiger partial charge on any atom is 0.176 e. The van der Waals surface area contributed by atoms with Crippen molar-refractivity contribution in [2.75, 3.05) is 0 Å². The number of imidazole rings is 1. The lowest BCUT2D eigenvalue weighted by Crippen LogP contribution is -1.94. The molecular formula is C16H11N3O. The summed E-state index contributed by atoms with van der Waals surface area (Å²) in [5, 5.41) is 11.4. The SMILES string of the molecule is On1c(-c2ccccc2)nc2cnc3ccccc3c21. The Labute approximate surface area is 114 Å². The lowest BCUT2D eigenvalue weighted by atomic mass is 10.2. The topological polar surface area (TPSA) is 50.9 Å². The molecule has 0 spiro atoms.